The van der Waals surface area contributed by atoms with E-state index in [-0.39, 0.29) is 17.9 Å². The SMILES string of the molecule is Cc1cc(S(=O)(=O)NC(C)CC(N)=O)ccc1C#CCN. The summed E-state index contributed by atoms with van der Waals surface area (Å²) in [6.07, 6.45) is -0.0573. The van der Waals surface area contributed by atoms with Gasteiger partial charge in [-0.15, -0.1) is 0 Å². The maximum absolute atomic E-state index is 12.2. The van der Waals surface area contributed by atoms with Crippen molar-refractivity contribution < 1.29 is 13.2 Å². The second-order valence-electron chi connectivity index (χ2n) is 4.68. The van der Waals surface area contributed by atoms with Gasteiger partial charge in [0, 0.05) is 18.0 Å². The summed E-state index contributed by atoms with van der Waals surface area (Å²) in [5.41, 5.74) is 11.8. The van der Waals surface area contributed by atoms with Crippen LogP contribution in [0.4, 0.5) is 0 Å². The summed E-state index contributed by atoms with van der Waals surface area (Å²) in [6, 6.07) is 4.06. The van der Waals surface area contributed by atoms with Crippen LogP contribution in [0.5, 0.6) is 0 Å². The Labute approximate surface area is 125 Å². The maximum Gasteiger partial charge on any atom is 0.240 e. The summed E-state index contributed by atoms with van der Waals surface area (Å²) in [6.45, 7) is 3.59. The third-order valence-corrected chi connectivity index (χ3v) is 4.28. The summed E-state index contributed by atoms with van der Waals surface area (Å²) in [5.74, 6) is 5.02. The van der Waals surface area contributed by atoms with Crippen LogP contribution in [0.25, 0.3) is 0 Å². The standard InChI is InChI=1S/C14H19N3O3S/c1-10-8-13(6-5-12(10)4-3-7-15)21(19,20)17-11(2)9-14(16)18/h5-6,8,11,17H,7,9,15H2,1-2H3,(H2,16,18). The van der Waals surface area contributed by atoms with Gasteiger partial charge in [-0.25, -0.2) is 13.1 Å². The van der Waals surface area contributed by atoms with E-state index in [0.717, 1.165) is 11.1 Å². The van der Waals surface area contributed by atoms with E-state index in [1.165, 1.54) is 12.1 Å². The van der Waals surface area contributed by atoms with Crippen molar-refractivity contribution >= 4 is 15.9 Å². The minimum atomic E-state index is -3.70. The van der Waals surface area contributed by atoms with E-state index in [1.807, 2.05) is 0 Å². The Kier molecular flexibility index (Phi) is 5.90. The van der Waals surface area contributed by atoms with E-state index in [2.05, 4.69) is 16.6 Å². The number of nitrogens with one attached hydrogen (secondary N) is 1. The van der Waals surface area contributed by atoms with Crippen LogP contribution in [0.2, 0.25) is 0 Å². The Morgan fingerprint density at radius 1 is 1.43 bits per heavy atom. The fourth-order valence-electron chi connectivity index (χ4n) is 1.77. The van der Waals surface area contributed by atoms with Crippen molar-refractivity contribution in [3.8, 4) is 11.8 Å². The van der Waals surface area contributed by atoms with Gasteiger partial charge in [0.15, 0.2) is 0 Å². The maximum atomic E-state index is 12.2. The Bertz CT molecular complexity index is 687. The van der Waals surface area contributed by atoms with E-state index in [4.69, 9.17) is 11.5 Å². The van der Waals surface area contributed by atoms with Crippen LogP contribution >= 0.6 is 0 Å². The van der Waals surface area contributed by atoms with Crippen LogP contribution in [-0.4, -0.2) is 26.9 Å². The summed E-state index contributed by atoms with van der Waals surface area (Å²) in [7, 11) is -3.70. The molecule has 1 amide bonds. The number of carbonyl (C=O) groups is 1. The van der Waals surface area contributed by atoms with Crippen molar-refractivity contribution in [2.75, 3.05) is 6.54 Å². The zero-order valence-electron chi connectivity index (χ0n) is 12.0. The van der Waals surface area contributed by atoms with Gasteiger partial charge in [-0.3, -0.25) is 4.79 Å². The summed E-state index contributed by atoms with van der Waals surface area (Å²) >= 11 is 0. The Hall–Kier alpha value is -1.88. The molecule has 0 aliphatic rings. The van der Waals surface area contributed by atoms with E-state index < -0.39 is 22.0 Å². The predicted molar refractivity (Wildman–Crippen MR) is 80.7 cm³/mol. The number of hydrogen-bond donors (Lipinski definition) is 3. The van der Waals surface area contributed by atoms with Gasteiger partial charge in [0.1, 0.15) is 0 Å². The van der Waals surface area contributed by atoms with Gasteiger partial charge < -0.3 is 11.5 Å². The first-order valence-corrected chi connectivity index (χ1v) is 7.85. The third kappa shape index (κ3) is 5.19. The monoisotopic (exact) mass is 309 g/mol. The van der Waals surface area contributed by atoms with Crippen LogP contribution < -0.4 is 16.2 Å². The second-order valence-corrected chi connectivity index (χ2v) is 6.39. The largest absolute Gasteiger partial charge is 0.370 e. The van der Waals surface area contributed by atoms with Crippen LogP contribution in [-0.2, 0) is 14.8 Å². The average Bonchev–Trinajstić information content (AvgIpc) is 2.35. The molecule has 1 atom stereocenters. The molecular weight excluding hydrogens is 290 g/mol. The molecule has 1 unspecified atom stereocenters. The molecule has 0 aromatic heterocycles. The van der Waals surface area contributed by atoms with Crippen LogP contribution in [0.3, 0.4) is 0 Å². The smallest absolute Gasteiger partial charge is 0.240 e. The quantitative estimate of drug-likeness (QED) is 0.656. The normalized spacial score (nSPS) is 12.3. The molecule has 1 rings (SSSR count). The van der Waals surface area contributed by atoms with Gasteiger partial charge in [0.2, 0.25) is 15.9 Å². The number of amides is 1. The number of hydrogen-bond acceptors (Lipinski definition) is 4. The molecule has 0 bridgehead atoms. The number of benzene rings is 1. The molecule has 1 aromatic carbocycles. The van der Waals surface area contributed by atoms with Gasteiger partial charge in [-0.2, -0.15) is 0 Å². The fraction of sp³-hybridized carbons (Fsp3) is 0.357. The highest BCUT2D eigenvalue weighted by atomic mass is 32.2. The molecule has 0 aliphatic heterocycles. The van der Waals surface area contributed by atoms with E-state index in [0.29, 0.717) is 0 Å². The molecule has 114 valence electrons. The molecule has 0 saturated heterocycles. The van der Waals surface area contributed by atoms with Crippen LogP contribution in [0.15, 0.2) is 23.1 Å². The molecular formula is C14H19N3O3S. The molecule has 5 N–H and O–H groups in total. The molecule has 0 saturated carbocycles. The first-order chi connectivity index (χ1) is 9.76. The Morgan fingerprint density at radius 2 is 2.10 bits per heavy atom. The predicted octanol–water partition coefficient (Wildman–Crippen LogP) is -0.153. The highest BCUT2D eigenvalue weighted by Gasteiger charge is 2.19. The summed E-state index contributed by atoms with van der Waals surface area (Å²) < 4.78 is 26.8. The minimum Gasteiger partial charge on any atom is -0.370 e. The van der Waals surface area contributed by atoms with Crippen molar-refractivity contribution in [1.82, 2.24) is 4.72 Å². The topological polar surface area (TPSA) is 115 Å². The summed E-state index contributed by atoms with van der Waals surface area (Å²) in [4.78, 5) is 10.9. The van der Waals surface area contributed by atoms with Gasteiger partial charge in [0.25, 0.3) is 0 Å². The van der Waals surface area contributed by atoms with Gasteiger partial charge in [-0.05, 0) is 37.6 Å². The zero-order chi connectivity index (χ0) is 16.0. The fourth-order valence-corrected chi connectivity index (χ4v) is 3.09. The highest BCUT2D eigenvalue weighted by molar-refractivity contribution is 7.89. The molecule has 0 heterocycles. The molecule has 6 nitrogen and oxygen atoms in total. The van der Waals surface area contributed by atoms with Crippen molar-refractivity contribution in [2.45, 2.75) is 31.2 Å². The molecule has 0 aliphatic carbocycles. The number of sulfonamides is 1. The Morgan fingerprint density at radius 3 is 2.62 bits per heavy atom. The zero-order valence-corrected chi connectivity index (χ0v) is 12.8. The van der Waals surface area contributed by atoms with Crippen molar-refractivity contribution in [3.63, 3.8) is 0 Å². The molecule has 1 aromatic rings. The number of primary amides is 1. The van der Waals surface area contributed by atoms with Crippen molar-refractivity contribution in [3.05, 3.63) is 29.3 Å². The van der Waals surface area contributed by atoms with E-state index in [1.54, 1.807) is 19.9 Å². The molecule has 21 heavy (non-hydrogen) atoms. The van der Waals surface area contributed by atoms with Crippen molar-refractivity contribution in [1.29, 1.82) is 0 Å². The van der Waals surface area contributed by atoms with Crippen LogP contribution in [0.1, 0.15) is 24.5 Å². The van der Waals surface area contributed by atoms with Gasteiger partial charge in [-0.1, -0.05) is 11.8 Å². The highest BCUT2D eigenvalue weighted by Crippen LogP contribution is 2.15. The summed E-state index contributed by atoms with van der Waals surface area (Å²) in [5, 5.41) is 0. The molecule has 0 fully saturated rings. The lowest BCUT2D eigenvalue weighted by Crippen LogP contribution is -2.35. The molecule has 7 heteroatoms. The first-order valence-electron chi connectivity index (χ1n) is 6.36. The lowest BCUT2D eigenvalue weighted by atomic mass is 10.1. The number of aryl methyl sites for hydroxylation is 1. The van der Waals surface area contributed by atoms with Crippen LogP contribution in [0, 0.1) is 18.8 Å². The second kappa shape index (κ2) is 7.22. The number of carbonyl (C=O) groups excluding carboxylic acids is 1. The molecule has 0 spiro atoms. The van der Waals surface area contributed by atoms with Crippen molar-refractivity contribution in [2.24, 2.45) is 11.5 Å². The third-order valence-electron chi connectivity index (χ3n) is 2.70. The lowest BCUT2D eigenvalue weighted by Gasteiger charge is -2.13. The Balaban J connectivity index is 2.99. The van der Waals surface area contributed by atoms with E-state index in [9.17, 15) is 13.2 Å². The molecule has 0 radical (unpaired) electrons. The van der Waals surface area contributed by atoms with Gasteiger partial charge in [0.05, 0.1) is 11.4 Å². The average molecular weight is 309 g/mol. The minimum absolute atomic E-state index is 0.0573. The van der Waals surface area contributed by atoms with E-state index >= 15 is 0 Å². The lowest BCUT2D eigenvalue weighted by molar-refractivity contribution is -0.118. The van der Waals surface area contributed by atoms with Gasteiger partial charge >= 0.3 is 0 Å². The number of nitrogens with two attached hydrogens (primary N) is 2. The number of rotatable bonds is 5. The first kappa shape index (κ1) is 17.2.